The number of aliphatic hydroxyl groups is 1. The zero-order valence-corrected chi connectivity index (χ0v) is 11.2. The average Bonchev–Trinajstić information content (AvgIpc) is 2.83. The van der Waals surface area contributed by atoms with Gasteiger partial charge in [0.2, 0.25) is 5.91 Å². The van der Waals surface area contributed by atoms with Crippen molar-refractivity contribution in [2.45, 2.75) is 19.4 Å². The molecule has 1 unspecified atom stereocenters. The Balaban J connectivity index is 2.29. The summed E-state index contributed by atoms with van der Waals surface area (Å²) in [6.07, 6.45) is 0.165. The number of likely N-dealkylation sites (tertiary alicyclic amines) is 1. The van der Waals surface area contributed by atoms with Crippen molar-refractivity contribution in [3.05, 3.63) is 29.8 Å². The lowest BCUT2D eigenvalue weighted by Gasteiger charge is -2.22. The Morgan fingerprint density at radius 2 is 2.05 bits per heavy atom. The van der Waals surface area contributed by atoms with E-state index in [1.807, 2.05) is 0 Å². The summed E-state index contributed by atoms with van der Waals surface area (Å²) < 4.78 is 0. The van der Waals surface area contributed by atoms with Gasteiger partial charge in [0.15, 0.2) is 0 Å². The molecule has 0 saturated carbocycles. The molecule has 1 heterocycles. The van der Waals surface area contributed by atoms with Crippen molar-refractivity contribution in [1.29, 1.82) is 0 Å². The van der Waals surface area contributed by atoms with Gasteiger partial charge in [-0.1, -0.05) is 12.1 Å². The minimum Gasteiger partial charge on any atom is -0.391 e. The summed E-state index contributed by atoms with van der Waals surface area (Å²) in [7, 11) is 1.65. The highest BCUT2D eigenvalue weighted by atomic mass is 16.3. The fourth-order valence-corrected chi connectivity index (χ4v) is 2.21. The number of aliphatic hydroxyl groups excluding tert-OH is 1. The zero-order valence-electron chi connectivity index (χ0n) is 11.2. The van der Waals surface area contributed by atoms with Crippen LogP contribution in [0.15, 0.2) is 24.3 Å². The summed E-state index contributed by atoms with van der Waals surface area (Å²) >= 11 is 0. The molecular weight excluding hydrogens is 244 g/mol. The molecule has 2 rings (SSSR count). The number of carbonyl (C=O) groups is 2. The summed E-state index contributed by atoms with van der Waals surface area (Å²) in [4.78, 5) is 27.0. The van der Waals surface area contributed by atoms with Crippen LogP contribution in [0.5, 0.6) is 0 Å². The Morgan fingerprint density at radius 3 is 2.63 bits per heavy atom. The second-order valence-electron chi connectivity index (χ2n) is 4.79. The van der Waals surface area contributed by atoms with Crippen molar-refractivity contribution in [2.24, 2.45) is 0 Å². The maximum atomic E-state index is 12.4. The second-order valence-corrected chi connectivity index (χ2v) is 4.79. The molecule has 1 saturated heterocycles. The lowest BCUT2D eigenvalue weighted by molar-refractivity contribution is -0.116. The summed E-state index contributed by atoms with van der Waals surface area (Å²) in [5.74, 6) is -0.262. The molecule has 1 aliphatic rings. The van der Waals surface area contributed by atoms with E-state index in [1.165, 1.54) is 11.8 Å². The molecule has 0 aromatic heterocycles. The van der Waals surface area contributed by atoms with Gasteiger partial charge < -0.3 is 14.9 Å². The highest BCUT2D eigenvalue weighted by Gasteiger charge is 2.27. The first kappa shape index (κ1) is 13.5. The van der Waals surface area contributed by atoms with Crippen LogP contribution in [0.2, 0.25) is 0 Å². The summed E-state index contributed by atoms with van der Waals surface area (Å²) in [6.45, 7) is 2.37. The molecular formula is C14H18N2O3. The van der Waals surface area contributed by atoms with Crippen LogP contribution in [-0.2, 0) is 4.79 Å². The highest BCUT2D eigenvalue weighted by Crippen LogP contribution is 2.23. The average molecular weight is 262 g/mol. The van der Waals surface area contributed by atoms with Gasteiger partial charge in [0.05, 0.1) is 17.4 Å². The van der Waals surface area contributed by atoms with E-state index in [1.54, 1.807) is 36.2 Å². The number of rotatable bonds is 2. The lowest BCUT2D eigenvalue weighted by Crippen LogP contribution is -2.32. The van der Waals surface area contributed by atoms with E-state index in [4.69, 9.17) is 0 Å². The molecule has 0 radical (unpaired) electrons. The SMILES string of the molecule is CC(=O)N(C)c1ccccc1C(=O)N1CCC(O)C1. The molecule has 1 N–H and O–H groups in total. The number of benzene rings is 1. The molecule has 1 aromatic rings. The molecule has 5 heteroatoms. The number of hydrogen-bond acceptors (Lipinski definition) is 3. The predicted molar refractivity (Wildman–Crippen MR) is 72.1 cm³/mol. The molecule has 1 aliphatic heterocycles. The third-order valence-electron chi connectivity index (χ3n) is 3.42. The number of para-hydroxylation sites is 1. The fraction of sp³-hybridized carbons (Fsp3) is 0.429. The van der Waals surface area contributed by atoms with E-state index in [0.717, 1.165) is 0 Å². The standard InChI is InChI=1S/C14H18N2O3/c1-10(17)15(2)13-6-4-3-5-12(13)14(19)16-8-7-11(18)9-16/h3-6,11,18H,7-9H2,1-2H3. The van der Waals surface area contributed by atoms with Gasteiger partial charge in [-0.2, -0.15) is 0 Å². The molecule has 0 spiro atoms. The molecule has 1 atom stereocenters. The van der Waals surface area contributed by atoms with Crippen LogP contribution < -0.4 is 4.90 Å². The third kappa shape index (κ3) is 2.76. The van der Waals surface area contributed by atoms with Gasteiger partial charge in [-0.15, -0.1) is 0 Å². The summed E-state index contributed by atoms with van der Waals surface area (Å²) in [5.41, 5.74) is 1.09. The number of amides is 2. The zero-order chi connectivity index (χ0) is 14.0. The molecule has 1 aromatic carbocycles. The smallest absolute Gasteiger partial charge is 0.256 e. The summed E-state index contributed by atoms with van der Waals surface area (Å²) in [6, 6.07) is 7.03. The van der Waals surface area contributed by atoms with Crippen molar-refractivity contribution in [2.75, 3.05) is 25.0 Å². The lowest BCUT2D eigenvalue weighted by atomic mass is 10.1. The minimum atomic E-state index is -0.443. The van der Waals surface area contributed by atoms with Crippen molar-refractivity contribution in [1.82, 2.24) is 4.90 Å². The van der Waals surface area contributed by atoms with Crippen LogP contribution in [0.25, 0.3) is 0 Å². The molecule has 2 amide bonds. The van der Waals surface area contributed by atoms with E-state index in [9.17, 15) is 14.7 Å². The van der Waals surface area contributed by atoms with E-state index in [0.29, 0.717) is 30.8 Å². The molecule has 0 bridgehead atoms. The Hall–Kier alpha value is -1.88. The Bertz CT molecular complexity index is 501. The maximum absolute atomic E-state index is 12.4. The molecule has 5 nitrogen and oxygen atoms in total. The minimum absolute atomic E-state index is 0.123. The Labute approximate surface area is 112 Å². The number of β-amino-alcohol motifs (C(OH)–C–C–N with tert-alkyl or cyclic N) is 1. The van der Waals surface area contributed by atoms with Crippen LogP contribution in [0, 0.1) is 0 Å². The highest BCUT2D eigenvalue weighted by molar-refractivity contribution is 6.04. The first-order valence-electron chi connectivity index (χ1n) is 6.31. The summed E-state index contributed by atoms with van der Waals surface area (Å²) in [5, 5.41) is 9.50. The van der Waals surface area contributed by atoms with Crippen molar-refractivity contribution in [3.8, 4) is 0 Å². The largest absolute Gasteiger partial charge is 0.391 e. The van der Waals surface area contributed by atoms with Gasteiger partial charge in [-0.25, -0.2) is 0 Å². The fourth-order valence-electron chi connectivity index (χ4n) is 2.21. The quantitative estimate of drug-likeness (QED) is 0.860. The van der Waals surface area contributed by atoms with Gasteiger partial charge in [0.25, 0.3) is 5.91 Å². The molecule has 0 aliphatic carbocycles. The van der Waals surface area contributed by atoms with Gasteiger partial charge in [0, 0.05) is 27.1 Å². The van der Waals surface area contributed by atoms with Crippen LogP contribution in [0.4, 0.5) is 5.69 Å². The van der Waals surface area contributed by atoms with Gasteiger partial charge >= 0.3 is 0 Å². The normalized spacial score (nSPS) is 18.5. The Morgan fingerprint density at radius 1 is 1.37 bits per heavy atom. The van der Waals surface area contributed by atoms with Crippen LogP contribution in [0.1, 0.15) is 23.7 Å². The van der Waals surface area contributed by atoms with Crippen LogP contribution >= 0.6 is 0 Å². The number of anilines is 1. The number of carbonyl (C=O) groups excluding carboxylic acids is 2. The van der Waals surface area contributed by atoms with E-state index >= 15 is 0 Å². The maximum Gasteiger partial charge on any atom is 0.256 e. The van der Waals surface area contributed by atoms with Crippen LogP contribution in [0.3, 0.4) is 0 Å². The second kappa shape index (κ2) is 5.40. The molecule has 102 valence electrons. The topological polar surface area (TPSA) is 60.9 Å². The van der Waals surface area contributed by atoms with Gasteiger partial charge in [0.1, 0.15) is 0 Å². The van der Waals surface area contributed by atoms with Gasteiger partial charge in [-0.3, -0.25) is 9.59 Å². The van der Waals surface area contributed by atoms with Crippen LogP contribution in [-0.4, -0.2) is 48.1 Å². The first-order valence-corrected chi connectivity index (χ1v) is 6.31. The number of hydrogen-bond donors (Lipinski definition) is 1. The van der Waals surface area contributed by atoms with Crippen molar-refractivity contribution in [3.63, 3.8) is 0 Å². The number of nitrogens with zero attached hydrogens (tertiary/aromatic N) is 2. The monoisotopic (exact) mass is 262 g/mol. The van der Waals surface area contributed by atoms with E-state index in [2.05, 4.69) is 0 Å². The molecule has 1 fully saturated rings. The van der Waals surface area contributed by atoms with Gasteiger partial charge in [-0.05, 0) is 18.6 Å². The molecule has 19 heavy (non-hydrogen) atoms. The third-order valence-corrected chi connectivity index (χ3v) is 3.42. The Kier molecular flexibility index (Phi) is 3.85. The van der Waals surface area contributed by atoms with E-state index in [-0.39, 0.29) is 11.8 Å². The van der Waals surface area contributed by atoms with E-state index < -0.39 is 6.10 Å². The predicted octanol–water partition coefficient (Wildman–Crippen LogP) is 0.876. The van der Waals surface area contributed by atoms with Crippen molar-refractivity contribution < 1.29 is 14.7 Å². The van der Waals surface area contributed by atoms with Crippen molar-refractivity contribution >= 4 is 17.5 Å². The first-order chi connectivity index (χ1) is 9.00.